The van der Waals surface area contributed by atoms with E-state index in [1.54, 1.807) is 16.2 Å². The minimum atomic E-state index is -0.519. The Balaban J connectivity index is 1.72. The van der Waals surface area contributed by atoms with Crippen molar-refractivity contribution in [2.24, 2.45) is 14.1 Å². The van der Waals surface area contributed by atoms with E-state index in [1.165, 1.54) is 28.1 Å². The molecule has 0 spiro atoms. The molecule has 0 fully saturated rings. The molecule has 0 saturated heterocycles. The number of halogens is 1. The molecule has 0 aromatic carbocycles. The van der Waals surface area contributed by atoms with Crippen molar-refractivity contribution in [1.29, 1.82) is 0 Å². The number of carbonyl (C=O) groups is 1. The van der Waals surface area contributed by atoms with Crippen LogP contribution in [-0.2, 0) is 38.4 Å². The van der Waals surface area contributed by atoms with Crippen LogP contribution in [0.5, 0.6) is 0 Å². The van der Waals surface area contributed by atoms with E-state index in [4.69, 9.17) is 11.6 Å². The minimum absolute atomic E-state index is 0.0138. The number of hydrogen-bond donors (Lipinski definition) is 0. The molecular weight excluding hydrogens is 378 g/mol. The molecule has 136 valence electrons. The first kappa shape index (κ1) is 17.0. The highest BCUT2D eigenvalue weighted by Gasteiger charge is 2.25. The summed E-state index contributed by atoms with van der Waals surface area (Å²) in [6.07, 6.45) is 0.827. The van der Waals surface area contributed by atoms with Crippen LogP contribution in [0.1, 0.15) is 10.4 Å². The number of rotatable bonds is 2. The summed E-state index contributed by atoms with van der Waals surface area (Å²) in [5, 5.41) is 2.04. The van der Waals surface area contributed by atoms with Crippen molar-refractivity contribution < 1.29 is 4.79 Å². The van der Waals surface area contributed by atoms with Gasteiger partial charge in [-0.15, -0.1) is 11.3 Å². The van der Waals surface area contributed by atoms with E-state index in [0.29, 0.717) is 13.1 Å². The van der Waals surface area contributed by atoms with Gasteiger partial charge in [0.05, 0.1) is 0 Å². The van der Waals surface area contributed by atoms with Crippen molar-refractivity contribution in [3.63, 3.8) is 0 Å². The summed E-state index contributed by atoms with van der Waals surface area (Å²) in [7, 11) is 2.90. The third-order valence-corrected chi connectivity index (χ3v) is 6.07. The molecule has 1 aliphatic heterocycles. The molecule has 0 N–H and O–H groups in total. The van der Waals surface area contributed by atoms with Crippen LogP contribution in [0, 0.1) is 0 Å². The van der Waals surface area contributed by atoms with Crippen molar-refractivity contribution in [2.75, 3.05) is 6.54 Å². The predicted molar refractivity (Wildman–Crippen MR) is 98.7 cm³/mol. The first-order chi connectivity index (χ1) is 12.4. The van der Waals surface area contributed by atoms with Crippen LogP contribution in [0.2, 0.25) is 5.28 Å². The van der Waals surface area contributed by atoms with Crippen LogP contribution in [0.3, 0.4) is 0 Å². The molecule has 1 amide bonds. The summed E-state index contributed by atoms with van der Waals surface area (Å²) in [6.45, 7) is 1.09. The lowest BCUT2D eigenvalue weighted by atomic mass is 10.1. The van der Waals surface area contributed by atoms with Crippen LogP contribution in [-0.4, -0.2) is 36.0 Å². The molecule has 0 unspecified atom stereocenters. The van der Waals surface area contributed by atoms with Crippen LogP contribution < -0.4 is 11.2 Å². The fourth-order valence-electron chi connectivity index (χ4n) is 3.26. The van der Waals surface area contributed by atoms with E-state index in [2.05, 4.69) is 4.98 Å². The number of aromatic nitrogens is 4. The Labute approximate surface area is 156 Å². The Morgan fingerprint density at radius 3 is 2.85 bits per heavy atom. The summed E-state index contributed by atoms with van der Waals surface area (Å²) < 4.78 is 3.62. The molecule has 1 aliphatic rings. The van der Waals surface area contributed by atoms with E-state index in [-0.39, 0.29) is 28.9 Å². The highest BCUT2D eigenvalue weighted by molar-refractivity contribution is 7.10. The molecule has 4 rings (SSSR count). The van der Waals surface area contributed by atoms with Gasteiger partial charge >= 0.3 is 5.69 Å². The Kier molecular flexibility index (Phi) is 4.00. The van der Waals surface area contributed by atoms with Gasteiger partial charge in [-0.3, -0.25) is 23.3 Å². The molecular formula is C16H16ClN5O3S. The lowest BCUT2D eigenvalue weighted by Crippen LogP contribution is -2.39. The van der Waals surface area contributed by atoms with Gasteiger partial charge in [-0.2, -0.15) is 4.98 Å². The zero-order valence-corrected chi connectivity index (χ0v) is 15.8. The van der Waals surface area contributed by atoms with Gasteiger partial charge in [-0.05, 0) is 35.0 Å². The summed E-state index contributed by atoms with van der Waals surface area (Å²) in [5.74, 6) is -0.140. The molecule has 0 bridgehead atoms. The zero-order chi connectivity index (χ0) is 18.6. The quantitative estimate of drug-likeness (QED) is 0.601. The van der Waals surface area contributed by atoms with Crippen molar-refractivity contribution in [3.8, 4) is 0 Å². The van der Waals surface area contributed by atoms with E-state index >= 15 is 0 Å². The zero-order valence-electron chi connectivity index (χ0n) is 14.2. The molecule has 0 saturated carbocycles. The lowest BCUT2D eigenvalue weighted by molar-refractivity contribution is -0.132. The van der Waals surface area contributed by atoms with Gasteiger partial charge in [0.1, 0.15) is 6.54 Å². The average molecular weight is 394 g/mol. The summed E-state index contributed by atoms with van der Waals surface area (Å²) in [6, 6.07) is 2.03. The van der Waals surface area contributed by atoms with Gasteiger partial charge < -0.3 is 4.90 Å². The predicted octanol–water partition coefficient (Wildman–Crippen LogP) is 0.733. The summed E-state index contributed by atoms with van der Waals surface area (Å²) >= 11 is 7.89. The minimum Gasteiger partial charge on any atom is -0.336 e. The molecule has 3 aromatic heterocycles. The van der Waals surface area contributed by atoms with E-state index in [9.17, 15) is 14.4 Å². The summed E-state index contributed by atoms with van der Waals surface area (Å²) in [5.41, 5.74) is 0.482. The van der Waals surface area contributed by atoms with Gasteiger partial charge in [0, 0.05) is 32.1 Å². The van der Waals surface area contributed by atoms with Crippen molar-refractivity contribution in [3.05, 3.63) is 48.0 Å². The standard InChI is InChI=1S/C16H16ClN5O3S/c1-19-13-12(14(24)20(2)16(19)25)22(15(17)18-13)8-11(23)21-5-3-10-9(7-21)4-6-26-10/h4,6H,3,5,7-8H2,1-2H3. The van der Waals surface area contributed by atoms with Crippen LogP contribution in [0.25, 0.3) is 11.2 Å². The van der Waals surface area contributed by atoms with E-state index in [1.807, 2.05) is 11.4 Å². The number of hydrogen-bond acceptors (Lipinski definition) is 5. The summed E-state index contributed by atoms with van der Waals surface area (Å²) in [4.78, 5) is 44.5. The molecule has 10 heteroatoms. The fraction of sp³-hybridized carbons (Fsp3) is 0.375. The number of thiophene rings is 1. The number of imidazole rings is 1. The number of nitrogens with zero attached hydrogens (tertiary/aromatic N) is 5. The van der Waals surface area contributed by atoms with Gasteiger partial charge in [0.25, 0.3) is 5.56 Å². The molecule has 26 heavy (non-hydrogen) atoms. The lowest BCUT2D eigenvalue weighted by Gasteiger charge is -2.27. The van der Waals surface area contributed by atoms with Crippen LogP contribution in [0.4, 0.5) is 0 Å². The van der Waals surface area contributed by atoms with Crippen molar-refractivity contribution in [1.82, 2.24) is 23.6 Å². The second kappa shape index (κ2) is 6.10. The first-order valence-electron chi connectivity index (χ1n) is 8.03. The molecule has 0 radical (unpaired) electrons. The first-order valence-corrected chi connectivity index (χ1v) is 9.29. The fourth-order valence-corrected chi connectivity index (χ4v) is 4.37. The second-order valence-electron chi connectivity index (χ2n) is 6.28. The Morgan fingerprint density at radius 2 is 2.08 bits per heavy atom. The smallest absolute Gasteiger partial charge is 0.332 e. The van der Waals surface area contributed by atoms with Gasteiger partial charge in [0.15, 0.2) is 11.2 Å². The van der Waals surface area contributed by atoms with E-state index in [0.717, 1.165) is 16.6 Å². The molecule has 8 nitrogen and oxygen atoms in total. The SMILES string of the molecule is Cn1c(=O)c2c(nc(Cl)n2CC(=O)N2CCc3sccc3C2)n(C)c1=O. The topological polar surface area (TPSA) is 82.1 Å². The maximum absolute atomic E-state index is 12.8. The van der Waals surface area contributed by atoms with Gasteiger partial charge in [-0.1, -0.05) is 0 Å². The Morgan fingerprint density at radius 1 is 1.31 bits per heavy atom. The number of amides is 1. The normalized spacial score (nSPS) is 14.0. The third-order valence-electron chi connectivity index (χ3n) is 4.76. The monoisotopic (exact) mass is 393 g/mol. The molecule has 4 heterocycles. The van der Waals surface area contributed by atoms with Crippen molar-refractivity contribution >= 4 is 40.0 Å². The molecule has 3 aromatic rings. The molecule has 0 atom stereocenters. The Hall–Kier alpha value is -2.39. The molecule has 0 aliphatic carbocycles. The van der Waals surface area contributed by atoms with Gasteiger partial charge in [0.2, 0.25) is 11.2 Å². The second-order valence-corrected chi connectivity index (χ2v) is 7.62. The van der Waals surface area contributed by atoms with Crippen molar-refractivity contribution in [2.45, 2.75) is 19.5 Å². The highest BCUT2D eigenvalue weighted by atomic mass is 35.5. The van der Waals surface area contributed by atoms with Crippen LogP contribution in [0.15, 0.2) is 21.0 Å². The number of carbonyl (C=O) groups excluding carboxylic acids is 1. The maximum Gasteiger partial charge on any atom is 0.332 e. The van der Waals surface area contributed by atoms with Crippen LogP contribution >= 0.6 is 22.9 Å². The number of fused-ring (bicyclic) bond motifs is 2. The largest absolute Gasteiger partial charge is 0.336 e. The Bertz CT molecular complexity index is 1160. The third kappa shape index (κ3) is 2.50. The maximum atomic E-state index is 12.8. The van der Waals surface area contributed by atoms with E-state index < -0.39 is 11.2 Å². The number of aryl methyl sites for hydroxylation is 1. The highest BCUT2D eigenvalue weighted by Crippen LogP contribution is 2.24. The van der Waals surface area contributed by atoms with Gasteiger partial charge in [-0.25, -0.2) is 4.79 Å². The average Bonchev–Trinajstić information content (AvgIpc) is 3.22.